The number of hydrogen-bond acceptors (Lipinski definition) is 2. The van der Waals surface area contributed by atoms with Gasteiger partial charge in [0.25, 0.3) is 0 Å². The number of benzene rings is 2. The molecule has 0 amide bonds. The Hall–Kier alpha value is -2.29. The first kappa shape index (κ1) is 9.72. The monoisotopic (exact) mass is 231 g/mol. The molecular formula is C15H10BNO. The van der Waals surface area contributed by atoms with E-state index in [1.807, 2.05) is 18.3 Å². The van der Waals surface area contributed by atoms with Crippen molar-refractivity contribution < 1.29 is 4.42 Å². The minimum Gasteiger partial charge on any atom is -0.456 e. The molecule has 0 aliphatic rings. The molecule has 0 aliphatic carbocycles. The fraction of sp³-hybridized carbons (Fsp3) is 0. The van der Waals surface area contributed by atoms with E-state index in [1.165, 1.54) is 5.46 Å². The molecule has 3 heteroatoms. The molecule has 2 aromatic carbocycles. The van der Waals surface area contributed by atoms with Crippen LogP contribution in [0.2, 0.25) is 0 Å². The topological polar surface area (TPSA) is 26.0 Å². The summed E-state index contributed by atoms with van der Waals surface area (Å²) in [6, 6.07) is 14.4. The van der Waals surface area contributed by atoms with Crippen molar-refractivity contribution in [1.82, 2.24) is 4.98 Å². The summed E-state index contributed by atoms with van der Waals surface area (Å²) in [5.74, 6) is 0. The van der Waals surface area contributed by atoms with Gasteiger partial charge in [0.2, 0.25) is 0 Å². The van der Waals surface area contributed by atoms with E-state index in [0.29, 0.717) is 0 Å². The van der Waals surface area contributed by atoms with Crippen LogP contribution in [0.15, 0.2) is 53.1 Å². The quantitative estimate of drug-likeness (QED) is 0.434. The first-order valence-corrected chi connectivity index (χ1v) is 5.99. The normalized spacial score (nSPS) is 11.6. The largest absolute Gasteiger partial charge is 0.456 e. The maximum absolute atomic E-state index is 5.90. The average Bonchev–Trinajstić information content (AvgIpc) is 2.76. The summed E-state index contributed by atoms with van der Waals surface area (Å²) in [5, 5.41) is 3.40. The van der Waals surface area contributed by atoms with Gasteiger partial charge in [0.1, 0.15) is 19.0 Å². The Labute approximate surface area is 105 Å². The van der Waals surface area contributed by atoms with Crippen LogP contribution in [-0.4, -0.2) is 12.8 Å². The fourth-order valence-corrected chi connectivity index (χ4v) is 2.51. The molecule has 0 N–H and O–H groups in total. The van der Waals surface area contributed by atoms with Crippen molar-refractivity contribution in [3.63, 3.8) is 0 Å². The van der Waals surface area contributed by atoms with E-state index in [2.05, 4.69) is 43.2 Å². The molecule has 0 bridgehead atoms. The van der Waals surface area contributed by atoms with Crippen LogP contribution in [0.3, 0.4) is 0 Å². The molecule has 0 unspecified atom stereocenters. The summed E-state index contributed by atoms with van der Waals surface area (Å²) in [6.45, 7) is 0. The van der Waals surface area contributed by atoms with Gasteiger partial charge in [-0.25, -0.2) is 0 Å². The Morgan fingerprint density at radius 2 is 1.94 bits per heavy atom. The van der Waals surface area contributed by atoms with E-state index in [0.717, 1.165) is 32.8 Å². The summed E-state index contributed by atoms with van der Waals surface area (Å²) >= 11 is 0. The van der Waals surface area contributed by atoms with E-state index in [1.54, 1.807) is 0 Å². The number of nitrogens with zero attached hydrogens (tertiary/aromatic N) is 1. The maximum Gasteiger partial charge on any atom is 0.139 e. The number of hydrogen-bond donors (Lipinski definition) is 0. The first-order chi connectivity index (χ1) is 8.83. The highest BCUT2D eigenvalue weighted by molar-refractivity contribution is 6.33. The molecule has 4 aromatic rings. The zero-order valence-electron chi connectivity index (χ0n) is 9.97. The van der Waals surface area contributed by atoms with Gasteiger partial charge >= 0.3 is 0 Å². The van der Waals surface area contributed by atoms with Crippen molar-refractivity contribution in [3.05, 3.63) is 48.7 Å². The highest BCUT2D eigenvalue weighted by Gasteiger charge is 2.10. The number of aromatic nitrogens is 1. The van der Waals surface area contributed by atoms with Gasteiger partial charge in [0.05, 0.1) is 10.9 Å². The van der Waals surface area contributed by atoms with E-state index in [9.17, 15) is 0 Å². The maximum atomic E-state index is 5.90. The van der Waals surface area contributed by atoms with Gasteiger partial charge in [-0.15, -0.1) is 0 Å². The summed E-state index contributed by atoms with van der Waals surface area (Å²) in [6.07, 6.45) is 1.83. The minimum absolute atomic E-state index is 0.904. The van der Waals surface area contributed by atoms with Gasteiger partial charge in [0.15, 0.2) is 0 Å². The SMILES string of the molecule is Bc1ccc2c(c1)oc1ccc3cccnc3c12. The van der Waals surface area contributed by atoms with E-state index >= 15 is 0 Å². The lowest BCUT2D eigenvalue weighted by Gasteiger charge is -1.97. The van der Waals surface area contributed by atoms with Gasteiger partial charge in [-0.2, -0.15) is 0 Å². The second-order valence-corrected chi connectivity index (χ2v) is 4.62. The van der Waals surface area contributed by atoms with Crippen LogP contribution in [-0.2, 0) is 0 Å². The Kier molecular flexibility index (Phi) is 1.81. The van der Waals surface area contributed by atoms with Gasteiger partial charge in [-0.1, -0.05) is 23.7 Å². The smallest absolute Gasteiger partial charge is 0.139 e. The van der Waals surface area contributed by atoms with Gasteiger partial charge in [-0.05, 0) is 24.3 Å². The molecule has 2 heterocycles. The summed E-state index contributed by atoms with van der Waals surface area (Å²) in [5.41, 5.74) is 4.06. The van der Waals surface area contributed by atoms with E-state index in [-0.39, 0.29) is 0 Å². The predicted molar refractivity (Wildman–Crippen MR) is 77.2 cm³/mol. The lowest BCUT2D eigenvalue weighted by atomic mass is 9.95. The Bertz CT molecular complexity index is 895. The van der Waals surface area contributed by atoms with Crippen molar-refractivity contribution in [3.8, 4) is 0 Å². The lowest BCUT2D eigenvalue weighted by molar-refractivity contribution is 0.669. The number of rotatable bonds is 0. The highest BCUT2D eigenvalue weighted by Crippen LogP contribution is 2.32. The van der Waals surface area contributed by atoms with Crippen molar-refractivity contribution in [2.45, 2.75) is 0 Å². The molecule has 84 valence electrons. The summed E-state index contributed by atoms with van der Waals surface area (Å²) < 4.78 is 5.90. The Balaban J connectivity index is 2.33. The standard InChI is InChI=1S/C15H10BNO/c16-10-4-5-11-13(8-10)18-12-6-3-9-2-1-7-17-15(9)14(11)12/h1-8H,16H2. The second-order valence-electron chi connectivity index (χ2n) is 4.62. The van der Waals surface area contributed by atoms with Crippen LogP contribution >= 0.6 is 0 Å². The molecule has 2 nitrogen and oxygen atoms in total. The van der Waals surface area contributed by atoms with Crippen molar-refractivity contribution >= 4 is 46.2 Å². The van der Waals surface area contributed by atoms with Crippen LogP contribution in [0, 0.1) is 0 Å². The zero-order chi connectivity index (χ0) is 12.1. The lowest BCUT2D eigenvalue weighted by Crippen LogP contribution is -1.98. The second kappa shape index (κ2) is 3.36. The van der Waals surface area contributed by atoms with E-state index < -0.39 is 0 Å². The molecule has 0 atom stereocenters. The van der Waals surface area contributed by atoms with Crippen LogP contribution in [0.4, 0.5) is 0 Å². The highest BCUT2D eigenvalue weighted by atomic mass is 16.3. The molecule has 0 spiro atoms. The van der Waals surface area contributed by atoms with Crippen LogP contribution in [0.1, 0.15) is 0 Å². The average molecular weight is 231 g/mol. The van der Waals surface area contributed by atoms with Crippen molar-refractivity contribution in [2.24, 2.45) is 0 Å². The third-order valence-electron chi connectivity index (χ3n) is 3.36. The van der Waals surface area contributed by atoms with Crippen LogP contribution < -0.4 is 5.46 Å². The van der Waals surface area contributed by atoms with Gasteiger partial charge in [0, 0.05) is 17.0 Å². The fourth-order valence-electron chi connectivity index (χ4n) is 2.51. The molecule has 2 aromatic heterocycles. The number of furan rings is 1. The molecule has 0 aliphatic heterocycles. The Morgan fingerprint density at radius 3 is 2.89 bits per heavy atom. The number of fused-ring (bicyclic) bond motifs is 5. The zero-order valence-corrected chi connectivity index (χ0v) is 9.97. The molecular weight excluding hydrogens is 221 g/mol. The van der Waals surface area contributed by atoms with Gasteiger partial charge in [-0.3, -0.25) is 4.98 Å². The van der Waals surface area contributed by atoms with Crippen molar-refractivity contribution in [2.75, 3.05) is 0 Å². The van der Waals surface area contributed by atoms with Crippen LogP contribution in [0.5, 0.6) is 0 Å². The van der Waals surface area contributed by atoms with Crippen molar-refractivity contribution in [1.29, 1.82) is 0 Å². The molecule has 18 heavy (non-hydrogen) atoms. The Morgan fingerprint density at radius 1 is 1.00 bits per heavy atom. The molecule has 0 fully saturated rings. The first-order valence-electron chi connectivity index (χ1n) is 5.99. The summed E-state index contributed by atoms with van der Waals surface area (Å²) in [7, 11) is 2.07. The molecule has 0 saturated carbocycles. The van der Waals surface area contributed by atoms with Crippen LogP contribution in [0.25, 0.3) is 32.8 Å². The third kappa shape index (κ3) is 1.22. The molecule has 0 saturated heterocycles. The van der Waals surface area contributed by atoms with E-state index in [4.69, 9.17) is 4.42 Å². The third-order valence-corrected chi connectivity index (χ3v) is 3.36. The minimum atomic E-state index is 0.904. The number of pyridine rings is 1. The van der Waals surface area contributed by atoms with Gasteiger partial charge < -0.3 is 4.42 Å². The molecule has 0 radical (unpaired) electrons. The molecule has 4 rings (SSSR count). The predicted octanol–water partition coefficient (Wildman–Crippen LogP) is 2.39. The summed E-state index contributed by atoms with van der Waals surface area (Å²) in [4.78, 5) is 4.49.